The zero-order chi connectivity index (χ0) is 13.4. The molecular weight excluding hydrogens is 238 g/mol. The lowest BCUT2D eigenvalue weighted by Crippen LogP contribution is -2.23. The lowest BCUT2D eigenvalue weighted by Gasteiger charge is -2.14. The van der Waals surface area contributed by atoms with Crippen molar-refractivity contribution in [3.8, 4) is 0 Å². The molecule has 0 N–H and O–H groups in total. The molecule has 0 radical (unpaired) electrons. The molecule has 1 atom stereocenters. The van der Waals surface area contributed by atoms with Crippen molar-refractivity contribution in [1.82, 2.24) is 9.55 Å². The fourth-order valence-electron chi connectivity index (χ4n) is 2.54. The normalized spacial score (nSPS) is 17.5. The van der Waals surface area contributed by atoms with Gasteiger partial charge >= 0.3 is 0 Å². The van der Waals surface area contributed by atoms with Gasteiger partial charge in [0.25, 0.3) is 5.56 Å². The molecule has 1 aromatic carbocycles. The summed E-state index contributed by atoms with van der Waals surface area (Å²) in [7, 11) is 0. The van der Waals surface area contributed by atoms with Crippen LogP contribution in [0.4, 0.5) is 5.95 Å². The zero-order valence-electron chi connectivity index (χ0n) is 10.6. The quantitative estimate of drug-likeness (QED) is 0.786. The molecule has 0 saturated carbocycles. The van der Waals surface area contributed by atoms with Crippen molar-refractivity contribution in [3.05, 3.63) is 59.9 Å². The van der Waals surface area contributed by atoms with Gasteiger partial charge in [-0.2, -0.15) is 0 Å². The van der Waals surface area contributed by atoms with E-state index in [0.29, 0.717) is 24.4 Å². The third kappa shape index (κ3) is 1.68. The van der Waals surface area contributed by atoms with Gasteiger partial charge in [-0.1, -0.05) is 24.3 Å². The van der Waals surface area contributed by atoms with Crippen LogP contribution in [0.1, 0.15) is 6.04 Å². The Kier molecular flexibility index (Phi) is 2.71. The standard InChI is InChI=1S/C15H15N3O/c1-3-9-17-10-11(4-2)18-14(19)12-7-5-6-8-13(12)16-15(17)18/h3-8,11H,1-2,9-10H2/t11-/m1/s1. The van der Waals surface area contributed by atoms with Crippen LogP contribution < -0.4 is 10.5 Å². The van der Waals surface area contributed by atoms with Crippen LogP contribution in [-0.2, 0) is 0 Å². The van der Waals surface area contributed by atoms with Gasteiger partial charge in [0, 0.05) is 13.1 Å². The molecule has 4 heteroatoms. The third-order valence-electron chi connectivity index (χ3n) is 3.43. The number of rotatable bonds is 3. The molecule has 1 aromatic heterocycles. The Morgan fingerprint density at radius 1 is 1.37 bits per heavy atom. The van der Waals surface area contributed by atoms with Crippen LogP contribution in [0.15, 0.2) is 54.4 Å². The first-order chi connectivity index (χ1) is 9.26. The first-order valence-electron chi connectivity index (χ1n) is 6.26. The lowest BCUT2D eigenvalue weighted by atomic mass is 10.2. The van der Waals surface area contributed by atoms with E-state index in [2.05, 4.69) is 18.1 Å². The summed E-state index contributed by atoms with van der Waals surface area (Å²) in [5.41, 5.74) is 0.731. The molecule has 0 saturated heterocycles. The van der Waals surface area contributed by atoms with Crippen LogP contribution in [0.3, 0.4) is 0 Å². The minimum absolute atomic E-state index is 0.00272. The number of para-hydroxylation sites is 1. The van der Waals surface area contributed by atoms with Crippen molar-refractivity contribution >= 4 is 16.9 Å². The molecule has 2 heterocycles. The lowest BCUT2D eigenvalue weighted by molar-refractivity contribution is 0.661. The minimum Gasteiger partial charge on any atom is -0.336 e. The predicted octanol–water partition coefficient (Wildman–Crippen LogP) is 2.13. The highest BCUT2D eigenvalue weighted by atomic mass is 16.1. The average molecular weight is 253 g/mol. The fourth-order valence-corrected chi connectivity index (χ4v) is 2.54. The second-order valence-corrected chi connectivity index (χ2v) is 4.60. The fraction of sp³-hybridized carbons (Fsp3) is 0.200. The molecule has 0 unspecified atom stereocenters. The smallest absolute Gasteiger partial charge is 0.263 e. The molecule has 3 rings (SSSR count). The summed E-state index contributed by atoms with van der Waals surface area (Å²) >= 11 is 0. The molecule has 0 aliphatic carbocycles. The zero-order valence-corrected chi connectivity index (χ0v) is 10.6. The van der Waals surface area contributed by atoms with Crippen LogP contribution in [-0.4, -0.2) is 22.6 Å². The Morgan fingerprint density at radius 3 is 2.89 bits per heavy atom. The van der Waals surface area contributed by atoms with E-state index in [1.807, 2.05) is 35.2 Å². The number of hydrogen-bond acceptors (Lipinski definition) is 3. The maximum atomic E-state index is 12.6. The van der Waals surface area contributed by atoms with Crippen molar-refractivity contribution in [1.29, 1.82) is 0 Å². The Balaban J connectivity index is 2.31. The Morgan fingerprint density at radius 2 is 2.16 bits per heavy atom. The van der Waals surface area contributed by atoms with E-state index in [1.54, 1.807) is 10.6 Å². The number of hydrogen-bond donors (Lipinski definition) is 0. The van der Waals surface area contributed by atoms with E-state index in [4.69, 9.17) is 0 Å². The largest absolute Gasteiger partial charge is 0.336 e. The Hall–Kier alpha value is -2.36. The molecule has 0 fully saturated rings. The Bertz CT molecular complexity index is 717. The van der Waals surface area contributed by atoms with E-state index in [9.17, 15) is 4.79 Å². The molecule has 4 nitrogen and oxygen atoms in total. The molecule has 0 amide bonds. The van der Waals surface area contributed by atoms with Crippen molar-refractivity contribution in [2.45, 2.75) is 6.04 Å². The second kappa shape index (κ2) is 4.39. The molecule has 1 aliphatic rings. The van der Waals surface area contributed by atoms with Crippen molar-refractivity contribution in [3.63, 3.8) is 0 Å². The van der Waals surface area contributed by atoms with Crippen molar-refractivity contribution in [2.75, 3.05) is 18.0 Å². The maximum Gasteiger partial charge on any atom is 0.263 e. The van der Waals surface area contributed by atoms with Gasteiger partial charge in [-0.25, -0.2) is 4.98 Å². The van der Waals surface area contributed by atoms with Crippen LogP contribution in [0, 0.1) is 0 Å². The topological polar surface area (TPSA) is 38.1 Å². The van der Waals surface area contributed by atoms with Gasteiger partial charge in [-0.3, -0.25) is 9.36 Å². The number of aromatic nitrogens is 2. The van der Waals surface area contributed by atoms with E-state index in [1.165, 1.54) is 0 Å². The Labute approximate surface area is 111 Å². The van der Waals surface area contributed by atoms with Crippen molar-refractivity contribution < 1.29 is 0 Å². The third-order valence-corrected chi connectivity index (χ3v) is 3.43. The average Bonchev–Trinajstić information content (AvgIpc) is 2.78. The van der Waals surface area contributed by atoms with Crippen LogP contribution in [0.25, 0.3) is 10.9 Å². The van der Waals surface area contributed by atoms with Crippen molar-refractivity contribution in [2.24, 2.45) is 0 Å². The highest BCUT2D eigenvalue weighted by Gasteiger charge is 2.28. The van der Waals surface area contributed by atoms with Gasteiger partial charge < -0.3 is 4.90 Å². The summed E-state index contributed by atoms with van der Waals surface area (Å²) < 4.78 is 1.72. The summed E-state index contributed by atoms with van der Waals surface area (Å²) in [4.78, 5) is 19.2. The molecule has 96 valence electrons. The maximum absolute atomic E-state index is 12.6. The molecule has 1 aliphatic heterocycles. The van der Waals surface area contributed by atoms with Crippen LogP contribution >= 0.6 is 0 Å². The van der Waals surface area contributed by atoms with Gasteiger partial charge in [0.05, 0.1) is 16.9 Å². The summed E-state index contributed by atoms with van der Waals surface area (Å²) in [5.74, 6) is 0.702. The van der Waals surface area contributed by atoms with E-state index < -0.39 is 0 Å². The van der Waals surface area contributed by atoms with E-state index >= 15 is 0 Å². The first-order valence-corrected chi connectivity index (χ1v) is 6.26. The van der Waals surface area contributed by atoms with Gasteiger partial charge in [0.2, 0.25) is 5.95 Å². The van der Waals surface area contributed by atoms with Crippen LogP contribution in [0.2, 0.25) is 0 Å². The molecule has 19 heavy (non-hydrogen) atoms. The molecular formula is C15H15N3O. The number of benzene rings is 1. The van der Waals surface area contributed by atoms with Crippen LogP contribution in [0.5, 0.6) is 0 Å². The van der Waals surface area contributed by atoms with Gasteiger partial charge in [-0.05, 0) is 12.1 Å². The first kappa shape index (κ1) is 11.7. The highest BCUT2D eigenvalue weighted by molar-refractivity contribution is 5.79. The summed E-state index contributed by atoms with van der Waals surface area (Å²) in [6.07, 6.45) is 3.61. The highest BCUT2D eigenvalue weighted by Crippen LogP contribution is 2.27. The minimum atomic E-state index is -0.0282. The van der Waals surface area contributed by atoms with Gasteiger partial charge in [0.1, 0.15) is 0 Å². The predicted molar refractivity (Wildman–Crippen MR) is 77.6 cm³/mol. The number of anilines is 1. The monoisotopic (exact) mass is 253 g/mol. The second-order valence-electron chi connectivity index (χ2n) is 4.60. The molecule has 0 bridgehead atoms. The van der Waals surface area contributed by atoms with E-state index in [-0.39, 0.29) is 11.6 Å². The SMILES string of the molecule is C=CCN1C[C@@H](C=C)n2c1nc1ccccc1c2=O. The number of nitrogens with zero attached hydrogens (tertiary/aromatic N) is 3. The summed E-state index contributed by atoms with van der Waals surface area (Å²) in [6, 6.07) is 7.40. The van der Waals surface area contributed by atoms with Gasteiger partial charge in [0.15, 0.2) is 0 Å². The molecule has 0 spiro atoms. The number of fused-ring (bicyclic) bond motifs is 2. The summed E-state index contributed by atoms with van der Waals surface area (Å²) in [5, 5.41) is 0.651. The van der Waals surface area contributed by atoms with E-state index in [0.717, 1.165) is 5.52 Å². The summed E-state index contributed by atoms with van der Waals surface area (Å²) in [6.45, 7) is 8.96. The van der Waals surface area contributed by atoms with Gasteiger partial charge in [-0.15, -0.1) is 13.2 Å². The molecule has 2 aromatic rings.